The van der Waals surface area contributed by atoms with Gasteiger partial charge in [0.1, 0.15) is 11.5 Å². The molecular weight excluding hydrogens is 342 g/mol. The van der Waals surface area contributed by atoms with Crippen molar-refractivity contribution in [2.75, 3.05) is 0 Å². The van der Waals surface area contributed by atoms with Gasteiger partial charge in [0, 0.05) is 35.4 Å². The van der Waals surface area contributed by atoms with Crippen molar-refractivity contribution in [3.05, 3.63) is 58.8 Å². The van der Waals surface area contributed by atoms with E-state index in [1.807, 2.05) is 12.1 Å². The number of rotatable bonds is 4. The van der Waals surface area contributed by atoms with Crippen LogP contribution in [-0.2, 0) is 7.05 Å². The fourth-order valence-corrected chi connectivity index (χ4v) is 2.71. The first-order valence-electron chi connectivity index (χ1n) is 7.54. The SMILES string of the molecule is CC(NC(=O)c1cc2ccc(Cl)cc2n1C)c1ncc(C(N)=O)cn1. The Bertz CT molecular complexity index is 965. The fraction of sp³-hybridized carbons (Fsp3) is 0.176. The standard InChI is InChI=1S/C17H16ClN5O2/c1-9(16-20-7-11(8-21-16)15(19)24)22-17(25)14-5-10-3-4-12(18)6-13(10)23(14)2/h3-9H,1-2H3,(H2,19,24)(H,22,25). The predicted octanol–water partition coefficient (Wildman–Crippen LogP) is 2.21. The number of nitrogens with two attached hydrogens (primary N) is 1. The molecule has 0 aliphatic rings. The summed E-state index contributed by atoms with van der Waals surface area (Å²) in [6, 6.07) is 6.82. The van der Waals surface area contributed by atoms with Crippen LogP contribution >= 0.6 is 11.6 Å². The Kier molecular flexibility index (Phi) is 4.41. The van der Waals surface area contributed by atoms with E-state index in [2.05, 4.69) is 15.3 Å². The minimum atomic E-state index is -0.600. The number of aryl methyl sites for hydroxylation is 1. The van der Waals surface area contributed by atoms with E-state index in [1.54, 1.807) is 30.7 Å². The highest BCUT2D eigenvalue weighted by Crippen LogP contribution is 2.23. The molecule has 1 aromatic carbocycles. The van der Waals surface area contributed by atoms with Crippen molar-refractivity contribution < 1.29 is 9.59 Å². The predicted molar refractivity (Wildman–Crippen MR) is 94.4 cm³/mol. The van der Waals surface area contributed by atoms with E-state index in [9.17, 15) is 9.59 Å². The third-order valence-electron chi connectivity index (χ3n) is 3.93. The zero-order chi connectivity index (χ0) is 18.1. The maximum Gasteiger partial charge on any atom is 0.268 e. The quantitative estimate of drug-likeness (QED) is 0.747. The van der Waals surface area contributed by atoms with Gasteiger partial charge in [-0.1, -0.05) is 17.7 Å². The van der Waals surface area contributed by atoms with Crippen molar-refractivity contribution in [1.82, 2.24) is 19.9 Å². The zero-order valence-corrected chi connectivity index (χ0v) is 14.4. The Balaban J connectivity index is 1.82. The van der Waals surface area contributed by atoms with E-state index in [4.69, 9.17) is 17.3 Å². The molecule has 25 heavy (non-hydrogen) atoms. The van der Waals surface area contributed by atoms with Gasteiger partial charge in [-0.15, -0.1) is 0 Å². The van der Waals surface area contributed by atoms with Crippen molar-refractivity contribution in [3.63, 3.8) is 0 Å². The summed E-state index contributed by atoms with van der Waals surface area (Å²) in [4.78, 5) is 31.8. The molecule has 0 spiro atoms. The highest BCUT2D eigenvalue weighted by Gasteiger charge is 2.18. The molecule has 2 heterocycles. The van der Waals surface area contributed by atoms with Gasteiger partial charge in [0.2, 0.25) is 0 Å². The van der Waals surface area contributed by atoms with Crippen LogP contribution in [0.1, 0.15) is 39.6 Å². The minimum Gasteiger partial charge on any atom is -0.366 e. The monoisotopic (exact) mass is 357 g/mol. The number of benzene rings is 1. The van der Waals surface area contributed by atoms with Gasteiger partial charge < -0.3 is 15.6 Å². The van der Waals surface area contributed by atoms with Crippen molar-refractivity contribution in [2.45, 2.75) is 13.0 Å². The van der Waals surface area contributed by atoms with E-state index in [-0.39, 0.29) is 11.5 Å². The Morgan fingerprint density at radius 1 is 1.24 bits per heavy atom. The smallest absolute Gasteiger partial charge is 0.268 e. The Hall–Kier alpha value is -2.93. The van der Waals surface area contributed by atoms with Crippen molar-refractivity contribution in [1.29, 1.82) is 0 Å². The number of primary amides is 1. The fourth-order valence-electron chi connectivity index (χ4n) is 2.55. The second kappa shape index (κ2) is 6.52. The average Bonchev–Trinajstić information content (AvgIpc) is 2.91. The van der Waals surface area contributed by atoms with Gasteiger partial charge in [-0.05, 0) is 25.1 Å². The third kappa shape index (κ3) is 3.32. The van der Waals surface area contributed by atoms with Gasteiger partial charge in [0.15, 0.2) is 0 Å². The van der Waals surface area contributed by atoms with E-state index in [1.165, 1.54) is 12.4 Å². The molecule has 0 bridgehead atoms. The first-order valence-corrected chi connectivity index (χ1v) is 7.92. The lowest BCUT2D eigenvalue weighted by Crippen LogP contribution is -2.29. The summed E-state index contributed by atoms with van der Waals surface area (Å²) < 4.78 is 1.78. The topological polar surface area (TPSA) is 103 Å². The number of amides is 2. The first-order chi connectivity index (χ1) is 11.9. The van der Waals surface area contributed by atoms with E-state index >= 15 is 0 Å². The third-order valence-corrected chi connectivity index (χ3v) is 4.17. The van der Waals surface area contributed by atoms with Crippen LogP contribution in [0, 0.1) is 0 Å². The van der Waals surface area contributed by atoms with Crippen LogP contribution in [0.5, 0.6) is 0 Å². The van der Waals surface area contributed by atoms with Gasteiger partial charge in [0.05, 0.1) is 11.6 Å². The molecule has 0 fully saturated rings. The van der Waals surface area contributed by atoms with Crippen molar-refractivity contribution in [2.24, 2.45) is 12.8 Å². The molecule has 3 rings (SSSR count). The summed E-state index contributed by atoms with van der Waals surface area (Å²) in [5.74, 6) is -0.470. The molecule has 2 aromatic heterocycles. The van der Waals surface area contributed by atoms with Crippen molar-refractivity contribution >= 4 is 34.3 Å². The Labute approximate surface area is 148 Å². The molecule has 2 amide bonds. The van der Waals surface area contributed by atoms with Crippen LogP contribution in [-0.4, -0.2) is 26.3 Å². The summed E-state index contributed by atoms with van der Waals surface area (Å²) in [6.45, 7) is 1.76. The molecule has 8 heteroatoms. The summed E-state index contributed by atoms with van der Waals surface area (Å²) in [7, 11) is 1.80. The van der Waals surface area contributed by atoms with Crippen LogP contribution in [0.25, 0.3) is 10.9 Å². The summed E-state index contributed by atoms with van der Waals surface area (Å²) in [5.41, 5.74) is 6.74. The second-order valence-corrected chi connectivity index (χ2v) is 6.12. The maximum absolute atomic E-state index is 12.6. The highest BCUT2D eigenvalue weighted by atomic mass is 35.5. The maximum atomic E-state index is 12.6. The number of fused-ring (bicyclic) bond motifs is 1. The molecule has 128 valence electrons. The minimum absolute atomic E-state index is 0.216. The van der Waals surface area contributed by atoms with Crippen molar-refractivity contribution in [3.8, 4) is 0 Å². The van der Waals surface area contributed by atoms with E-state index < -0.39 is 11.9 Å². The molecule has 1 unspecified atom stereocenters. The number of halogens is 1. The van der Waals surface area contributed by atoms with Gasteiger partial charge >= 0.3 is 0 Å². The molecule has 0 radical (unpaired) electrons. The number of hydrogen-bond donors (Lipinski definition) is 2. The largest absolute Gasteiger partial charge is 0.366 e. The number of hydrogen-bond acceptors (Lipinski definition) is 4. The number of aromatic nitrogens is 3. The van der Waals surface area contributed by atoms with E-state index in [0.29, 0.717) is 16.5 Å². The van der Waals surface area contributed by atoms with Crippen LogP contribution < -0.4 is 11.1 Å². The highest BCUT2D eigenvalue weighted by molar-refractivity contribution is 6.31. The molecular formula is C17H16ClN5O2. The average molecular weight is 358 g/mol. The molecule has 7 nitrogen and oxygen atoms in total. The summed E-state index contributed by atoms with van der Waals surface area (Å²) in [5, 5.41) is 4.37. The summed E-state index contributed by atoms with van der Waals surface area (Å²) >= 11 is 6.02. The molecule has 1 atom stereocenters. The Morgan fingerprint density at radius 2 is 1.92 bits per heavy atom. The van der Waals surface area contributed by atoms with Gasteiger partial charge in [0.25, 0.3) is 11.8 Å². The molecule has 3 N–H and O–H groups in total. The number of carbonyl (C=O) groups is 2. The molecule has 0 aliphatic heterocycles. The molecule has 0 aliphatic carbocycles. The first kappa shape index (κ1) is 16.9. The molecule has 3 aromatic rings. The number of carbonyl (C=O) groups excluding carboxylic acids is 2. The van der Waals surface area contributed by atoms with E-state index in [0.717, 1.165) is 10.9 Å². The number of nitrogens with zero attached hydrogens (tertiary/aromatic N) is 3. The summed E-state index contributed by atoms with van der Waals surface area (Å²) in [6.07, 6.45) is 2.68. The van der Waals surface area contributed by atoms with Gasteiger partial charge in [-0.2, -0.15) is 0 Å². The Morgan fingerprint density at radius 3 is 2.56 bits per heavy atom. The molecule has 0 saturated carbocycles. The lowest BCUT2D eigenvalue weighted by atomic mass is 10.2. The van der Waals surface area contributed by atoms with Gasteiger partial charge in [-0.25, -0.2) is 9.97 Å². The van der Waals surface area contributed by atoms with Crippen LogP contribution in [0.15, 0.2) is 36.7 Å². The van der Waals surface area contributed by atoms with Crippen LogP contribution in [0.2, 0.25) is 5.02 Å². The van der Waals surface area contributed by atoms with Gasteiger partial charge in [-0.3, -0.25) is 9.59 Å². The lowest BCUT2D eigenvalue weighted by molar-refractivity contribution is 0.0928. The van der Waals surface area contributed by atoms with Crippen LogP contribution in [0.4, 0.5) is 0 Å². The second-order valence-electron chi connectivity index (χ2n) is 5.68. The normalized spacial score (nSPS) is 12.1. The molecule has 0 saturated heterocycles. The number of nitrogens with one attached hydrogen (secondary N) is 1. The lowest BCUT2D eigenvalue weighted by Gasteiger charge is -2.13. The zero-order valence-electron chi connectivity index (χ0n) is 13.7. The van der Waals surface area contributed by atoms with Crippen LogP contribution in [0.3, 0.4) is 0 Å².